The zero-order valence-electron chi connectivity index (χ0n) is 8.11. The van der Waals surface area contributed by atoms with Gasteiger partial charge in [0.05, 0.1) is 17.6 Å². The monoisotopic (exact) mass is 273 g/mol. The second-order valence-corrected chi connectivity index (χ2v) is 3.59. The van der Waals surface area contributed by atoms with Crippen LogP contribution in [0.25, 0.3) is 0 Å². The van der Waals surface area contributed by atoms with Crippen molar-refractivity contribution in [1.29, 1.82) is 0 Å². The lowest BCUT2D eigenvalue weighted by molar-refractivity contribution is -0.385. The van der Waals surface area contributed by atoms with E-state index in [9.17, 15) is 14.9 Å². The fourth-order valence-electron chi connectivity index (χ4n) is 1.16. The topological polar surface area (TPSA) is 69.4 Å². The standard InChI is InChI=1S/C9H8BrNO4/c1-5(12)6-3-4-7(11(13)14)8(10)9(6)15-2/h3-4H,1-2H3. The highest BCUT2D eigenvalue weighted by atomic mass is 79.9. The average molecular weight is 274 g/mol. The number of ketones is 1. The zero-order valence-corrected chi connectivity index (χ0v) is 9.70. The van der Waals surface area contributed by atoms with Crippen molar-refractivity contribution in [2.75, 3.05) is 7.11 Å². The van der Waals surface area contributed by atoms with Crippen LogP contribution in [0, 0.1) is 10.1 Å². The molecule has 0 aliphatic heterocycles. The summed E-state index contributed by atoms with van der Waals surface area (Å²) in [6.45, 7) is 1.37. The summed E-state index contributed by atoms with van der Waals surface area (Å²) in [5, 5.41) is 10.6. The highest BCUT2D eigenvalue weighted by Gasteiger charge is 2.21. The molecular formula is C9H8BrNO4. The van der Waals surface area contributed by atoms with Crippen molar-refractivity contribution < 1.29 is 14.5 Å². The average Bonchev–Trinajstić information content (AvgIpc) is 2.16. The lowest BCUT2D eigenvalue weighted by atomic mass is 10.1. The van der Waals surface area contributed by atoms with Crippen molar-refractivity contribution in [1.82, 2.24) is 0 Å². The Bertz CT molecular complexity index is 430. The Morgan fingerprint density at radius 3 is 2.53 bits per heavy atom. The molecule has 0 atom stereocenters. The van der Waals surface area contributed by atoms with E-state index in [1.165, 1.54) is 26.2 Å². The van der Waals surface area contributed by atoms with Gasteiger partial charge in [0.25, 0.3) is 5.69 Å². The minimum Gasteiger partial charge on any atom is -0.495 e. The van der Waals surface area contributed by atoms with Gasteiger partial charge >= 0.3 is 0 Å². The van der Waals surface area contributed by atoms with Crippen LogP contribution >= 0.6 is 15.9 Å². The van der Waals surface area contributed by atoms with Gasteiger partial charge in [0.15, 0.2) is 11.5 Å². The molecule has 0 amide bonds. The van der Waals surface area contributed by atoms with E-state index in [1.807, 2.05) is 0 Å². The number of nitro benzene ring substituents is 1. The van der Waals surface area contributed by atoms with Gasteiger partial charge in [0, 0.05) is 6.07 Å². The zero-order chi connectivity index (χ0) is 11.6. The molecule has 0 bridgehead atoms. The van der Waals surface area contributed by atoms with Crippen LogP contribution in [-0.2, 0) is 0 Å². The normalized spacial score (nSPS) is 9.80. The molecule has 0 radical (unpaired) electrons. The van der Waals surface area contributed by atoms with Gasteiger partial charge in [-0.1, -0.05) is 0 Å². The second-order valence-electron chi connectivity index (χ2n) is 2.79. The van der Waals surface area contributed by atoms with Crippen molar-refractivity contribution in [3.8, 4) is 5.75 Å². The van der Waals surface area contributed by atoms with E-state index in [0.717, 1.165) is 0 Å². The molecule has 0 N–H and O–H groups in total. The molecule has 0 saturated carbocycles. The van der Waals surface area contributed by atoms with Crippen LogP contribution in [0.3, 0.4) is 0 Å². The molecule has 0 aliphatic rings. The number of benzene rings is 1. The summed E-state index contributed by atoms with van der Waals surface area (Å²) in [6, 6.07) is 2.65. The van der Waals surface area contributed by atoms with E-state index in [2.05, 4.69) is 15.9 Å². The number of carbonyl (C=O) groups is 1. The van der Waals surface area contributed by atoms with Gasteiger partial charge in [0.2, 0.25) is 0 Å². The van der Waals surface area contributed by atoms with Crippen molar-refractivity contribution >= 4 is 27.4 Å². The first-order chi connectivity index (χ1) is 6.99. The van der Waals surface area contributed by atoms with E-state index >= 15 is 0 Å². The van der Waals surface area contributed by atoms with Crippen LogP contribution in [-0.4, -0.2) is 17.8 Å². The maximum absolute atomic E-state index is 11.2. The third-order valence-corrected chi connectivity index (χ3v) is 2.62. The largest absolute Gasteiger partial charge is 0.495 e. The summed E-state index contributed by atoms with van der Waals surface area (Å²) in [4.78, 5) is 21.2. The molecule has 80 valence electrons. The molecule has 0 aromatic heterocycles. The predicted molar refractivity (Wildman–Crippen MR) is 57.4 cm³/mol. The quantitative estimate of drug-likeness (QED) is 0.482. The molecule has 0 fully saturated rings. The molecule has 1 aromatic rings. The first-order valence-corrected chi connectivity index (χ1v) is 4.80. The molecule has 0 aliphatic carbocycles. The van der Waals surface area contributed by atoms with E-state index in [-0.39, 0.29) is 21.7 Å². The Hall–Kier alpha value is -1.43. The van der Waals surface area contributed by atoms with Gasteiger partial charge in [-0.2, -0.15) is 0 Å². The molecule has 1 rings (SSSR count). The molecule has 0 saturated heterocycles. The second kappa shape index (κ2) is 4.39. The molecule has 6 heteroatoms. The van der Waals surface area contributed by atoms with E-state index in [0.29, 0.717) is 5.56 Å². The first kappa shape index (κ1) is 11.6. The third-order valence-electron chi connectivity index (χ3n) is 1.86. The highest BCUT2D eigenvalue weighted by Crippen LogP contribution is 2.36. The molecule has 0 spiro atoms. The fraction of sp³-hybridized carbons (Fsp3) is 0.222. The summed E-state index contributed by atoms with van der Waals surface area (Å²) < 4.78 is 5.14. The molecule has 0 unspecified atom stereocenters. The summed E-state index contributed by atoms with van der Waals surface area (Å²) in [5.41, 5.74) is 0.187. The van der Waals surface area contributed by atoms with Crippen LogP contribution in [0.2, 0.25) is 0 Å². The Labute approximate surface area is 94.3 Å². The minimum absolute atomic E-state index is 0.128. The van der Waals surface area contributed by atoms with E-state index in [4.69, 9.17) is 4.74 Å². The first-order valence-electron chi connectivity index (χ1n) is 4.00. The molecule has 1 aromatic carbocycles. The lowest BCUT2D eigenvalue weighted by Crippen LogP contribution is -2.00. The number of methoxy groups -OCH3 is 1. The fourth-order valence-corrected chi connectivity index (χ4v) is 1.82. The number of hydrogen-bond donors (Lipinski definition) is 0. The van der Waals surface area contributed by atoms with Gasteiger partial charge in [0.1, 0.15) is 4.47 Å². The molecular weight excluding hydrogens is 266 g/mol. The van der Waals surface area contributed by atoms with Crippen molar-refractivity contribution in [3.63, 3.8) is 0 Å². The van der Waals surface area contributed by atoms with E-state index < -0.39 is 4.92 Å². The van der Waals surface area contributed by atoms with Crippen molar-refractivity contribution in [2.24, 2.45) is 0 Å². The summed E-state index contributed by atoms with van der Waals surface area (Å²) in [6.07, 6.45) is 0. The van der Waals surface area contributed by atoms with Gasteiger partial charge in [-0.15, -0.1) is 0 Å². The van der Waals surface area contributed by atoms with Crippen molar-refractivity contribution in [3.05, 3.63) is 32.3 Å². The summed E-state index contributed by atoms with van der Waals surface area (Å²) in [5.74, 6) is -0.0147. The van der Waals surface area contributed by atoms with E-state index in [1.54, 1.807) is 0 Å². The van der Waals surface area contributed by atoms with Crippen molar-refractivity contribution in [2.45, 2.75) is 6.92 Å². The molecule has 0 heterocycles. The number of nitro groups is 1. The van der Waals surface area contributed by atoms with Gasteiger partial charge in [-0.05, 0) is 28.9 Å². The summed E-state index contributed by atoms with van der Waals surface area (Å²) in [7, 11) is 1.36. The van der Waals surface area contributed by atoms with Gasteiger partial charge in [-0.25, -0.2) is 0 Å². The Balaban J connectivity index is 3.45. The Kier molecular flexibility index (Phi) is 3.41. The van der Waals surface area contributed by atoms with Crippen LogP contribution in [0.5, 0.6) is 5.75 Å². The predicted octanol–water partition coefficient (Wildman–Crippen LogP) is 2.57. The smallest absolute Gasteiger partial charge is 0.287 e. The van der Waals surface area contributed by atoms with Crippen LogP contribution in [0.1, 0.15) is 17.3 Å². The Morgan fingerprint density at radius 1 is 1.53 bits per heavy atom. The minimum atomic E-state index is -0.545. The SMILES string of the molecule is COc1c(C(C)=O)ccc([N+](=O)[O-])c1Br. The van der Waals surface area contributed by atoms with Gasteiger partial charge in [-0.3, -0.25) is 14.9 Å². The highest BCUT2D eigenvalue weighted by molar-refractivity contribution is 9.10. The maximum atomic E-state index is 11.2. The number of ether oxygens (including phenoxy) is 1. The van der Waals surface area contributed by atoms with Crippen LogP contribution < -0.4 is 4.74 Å². The maximum Gasteiger partial charge on any atom is 0.287 e. The molecule has 15 heavy (non-hydrogen) atoms. The Morgan fingerprint density at radius 2 is 2.13 bits per heavy atom. The number of hydrogen-bond acceptors (Lipinski definition) is 4. The summed E-state index contributed by atoms with van der Waals surface area (Å²) >= 11 is 3.04. The van der Waals surface area contributed by atoms with Crippen LogP contribution in [0.4, 0.5) is 5.69 Å². The van der Waals surface area contributed by atoms with Crippen LogP contribution in [0.15, 0.2) is 16.6 Å². The number of nitrogens with zero attached hydrogens (tertiary/aromatic N) is 1. The number of carbonyl (C=O) groups excluding carboxylic acids is 1. The van der Waals surface area contributed by atoms with Gasteiger partial charge < -0.3 is 4.74 Å². The number of halogens is 1. The molecule has 5 nitrogen and oxygen atoms in total. The lowest BCUT2D eigenvalue weighted by Gasteiger charge is -2.07. The number of Topliss-reactive ketones (excluding diaryl/α,β-unsaturated/α-hetero) is 1. The third kappa shape index (κ3) is 2.15. The number of rotatable bonds is 3.